The normalized spacial score (nSPS) is 7.80. The highest BCUT2D eigenvalue weighted by atomic mass is 14.5. The molecule has 0 amide bonds. The average molecular weight is 133 g/mol. The van der Waals surface area contributed by atoms with Crippen LogP contribution >= 0.6 is 0 Å². The summed E-state index contributed by atoms with van der Waals surface area (Å²) in [4.78, 5) is 0. The lowest BCUT2D eigenvalue weighted by Gasteiger charge is -1.83. The lowest BCUT2D eigenvalue weighted by atomic mass is 9.97. The molecule has 2 heteroatoms. The van der Waals surface area contributed by atoms with E-state index < -0.39 is 0 Å². The van der Waals surface area contributed by atoms with Crippen LogP contribution in [0, 0.1) is 0 Å². The van der Waals surface area contributed by atoms with E-state index in [2.05, 4.69) is 0 Å². The van der Waals surface area contributed by atoms with Gasteiger partial charge in [0.1, 0.15) is 7.85 Å². The molecule has 10 heavy (non-hydrogen) atoms. The summed E-state index contributed by atoms with van der Waals surface area (Å²) in [5.74, 6) is 0. The van der Waals surface area contributed by atoms with Gasteiger partial charge < -0.3 is 5.73 Å². The van der Waals surface area contributed by atoms with Gasteiger partial charge in [-0.1, -0.05) is 42.7 Å². The molecule has 1 rings (SSSR count). The van der Waals surface area contributed by atoms with Crippen molar-refractivity contribution < 1.29 is 0 Å². The van der Waals surface area contributed by atoms with Gasteiger partial charge in [0.2, 0.25) is 0 Å². The van der Waals surface area contributed by atoms with Crippen molar-refractivity contribution in [3.63, 3.8) is 0 Å². The van der Waals surface area contributed by atoms with Gasteiger partial charge in [-0.2, -0.15) is 0 Å². The smallest absolute Gasteiger partial charge is 0.113 e. The Morgan fingerprint density at radius 2 is 1.70 bits per heavy atom. The molecular formula is C8H12BN. The van der Waals surface area contributed by atoms with Gasteiger partial charge in [0.15, 0.2) is 0 Å². The van der Waals surface area contributed by atoms with Crippen molar-refractivity contribution >= 4 is 13.3 Å². The van der Waals surface area contributed by atoms with E-state index in [4.69, 9.17) is 13.6 Å². The van der Waals surface area contributed by atoms with E-state index >= 15 is 0 Å². The van der Waals surface area contributed by atoms with Crippen LogP contribution in [0.1, 0.15) is 6.92 Å². The average Bonchev–Trinajstić information content (AvgIpc) is 1.91. The molecule has 0 aliphatic heterocycles. The van der Waals surface area contributed by atoms with Gasteiger partial charge in [-0.25, -0.2) is 0 Å². The zero-order chi connectivity index (χ0) is 7.82. The first-order valence-corrected chi connectivity index (χ1v) is 3.31. The molecule has 0 fully saturated rings. The maximum absolute atomic E-state index is 5.36. The molecule has 1 nitrogen and oxygen atoms in total. The number of nitrogens with two attached hydrogens (primary N) is 1. The Morgan fingerprint density at radius 1 is 1.30 bits per heavy atom. The summed E-state index contributed by atoms with van der Waals surface area (Å²) in [6.45, 7) is 2.65. The highest BCUT2D eigenvalue weighted by Gasteiger charge is 1.71. The fourth-order valence-electron chi connectivity index (χ4n) is 0.453. The van der Waals surface area contributed by atoms with Crippen LogP contribution in [0.3, 0.4) is 0 Å². The summed E-state index contributed by atoms with van der Waals surface area (Å²) in [6.07, 6.45) is 0. The van der Waals surface area contributed by atoms with Crippen molar-refractivity contribution in [2.45, 2.75) is 6.92 Å². The van der Waals surface area contributed by atoms with Crippen molar-refractivity contribution in [3.05, 3.63) is 30.3 Å². The summed E-state index contributed by atoms with van der Waals surface area (Å²) < 4.78 is 0. The van der Waals surface area contributed by atoms with Crippen molar-refractivity contribution in [1.29, 1.82) is 0 Å². The Kier molecular flexibility index (Phi) is 5.89. The minimum atomic E-state index is 0.750. The van der Waals surface area contributed by atoms with E-state index in [0.29, 0.717) is 0 Å². The van der Waals surface area contributed by atoms with E-state index in [0.717, 1.165) is 12.0 Å². The van der Waals surface area contributed by atoms with Gasteiger partial charge in [-0.3, -0.25) is 0 Å². The Bertz CT molecular complexity index is 151. The van der Waals surface area contributed by atoms with Crippen LogP contribution in [-0.2, 0) is 0 Å². The Balaban J connectivity index is 0.000000236. The van der Waals surface area contributed by atoms with Crippen molar-refractivity contribution in [2.24, 2.45) is 5.73 Å². The quantitative estimate of drug-likeness (QED) is 0.510. The lowest BCUT2D eigenvalue weighted by Crippen LogP contribution is -1.97. The lowest BCUT2D eigenvalue weighted by molar-refractivity contribution is 1.14. The molecule has 0 aromatic heterocycles. The van der Waals surface area contributed by atoms with Gasteiger partial charge in [0.05, 0.1) is 0 Å². The molecule has 0 heterocycles. The molecule has 0 saturated carbocycles. The molecule has 1 aromatic carbocycles. The van der Waals surface area contributed by atoms with Gasteiger partial charge in [-0.05, 0) is 6.54 Å². The minimum absolute atomic E-state index is 0.750. The number of hydrogen-bond acceptors (Lipinski definition) is 1. The summed E-state index contributed by atoms with van der Waals surface area (Å²) >= 11 is 0. The highest BCUT2D eigenvalue weighted by Crippen LogP contribution is 1.76. The summed E-state index contributed by atoms with van der Waals surface area (Å²) in [7, 11) is 5.36. The van der Waals surface area contributed by atoms with Crippen LogP contribution in [0.5, 0.6) is 0 Å². The van der Waals surface area contributed by atoms with Gasteiger partial charge in [0.25, 0.3) is 0 Å². The molecule has 1 aromatic rings. The monoisotopic (exact) mass is 133 g/mol. The van der Waals surface area contributed by atoms with E-state index in [9.17, 15) is 0 Å². The molecule has 0 spiro atoms. The third kappa shape index (κ3) is 5.38. The zero-order valence-corrected chi connectivity index (χ0v) is 6.25. The third-order valence-electron chi connectivity index (χ3n) is 0.800. The van der Waals surface area contributed by atoms with Crippen molar-refractivity contribution in [1.82, 2.24) is 0 Å². The maximum atomic E-state index is 5.36. The van der Waals surface area contributed by atoms with Gasteiger partial charge in [-0.15, -0.1) is 0 Å². The molecule has 52 valence electrons. The first-order valence-electron chi connectivity index (χ1n) is 3.31. The van der Waals surface area contributed by atoms with Gasteiger partial charge >= 0.3 is 0 Å². The SMILES string of the molecule is CCN.[B]c1ccccc1. The second-order valence-electron chi connectivity index (χ2n) is 1.82. The molecule has 0 bridgehead atoms. The van der Waals surface area contributed by atoms with E-state index in [1.165, 1.54) is 0 Å². The van der Waals surface area contributed by atoms with E-state index in [-0.39, 0.29) is 0 Å². The molecule has 0 unspecified atom stereocenters. The Hall–Kier alpha value is -0.755. The predicted octanol–water partition coefficient (Wildman–Crippen LogP) is 0.445. The second-order valence-corrected chi connectivity index (χ2v) is 1.82. The Labute approximate surface area is 63.7 Å². The molecule has 0 saturated heterocycles. The summed E-state index contributed by atoms with van der Waals surface area (Å²) in [5, 5.41) is 0. The molecule has 2 radical (unpaired) electrons. The standard InChI is InChI=1S/C6H5B.C2H7N/c7-6-4-2-1-3-5-6;1-2-3/h1-5H;2-3H2,1H3. The first-order chi connectivity index (χ1) is 4.81. The third-order valence-corrected chi connectivity index (χ3v) is 0.800. The number of rotatable bonds is 0. The number of hydrogen-bond donors (Lipinski definition) is 1. The molecule has 0 aliphatic rings. The fourth-order valence-corrected chi connectivity index (χ4v) is 0.453. The fraction of sp³-hybridized carbons (Fsp3) is 0.250. The summed E-state index contributed by atoms with van der Waals surface area (Å²) in [5.41, 5.74) is 5.67. The van der Waals surface area contributed by atoms with Crippen LogP contribution in [0.4, 0.5) is 0 Å². The van der Waals surface area contributed by atoms with Crippen LogP contribution in [0.2, 0.25) is 0 Å². The van der Waals surface area contributed by atoms with Crippen LogP contribution < -0.4 is 11.2 Å². The largest absolute Gasteiger partial charge is 0.331 e. The molecule has 2 N–H and O–H groups in total. The zero-order valence-electron chi connectivity index (χ0n) is 6.25. The van der Waals surface area contributed by atoms with Crippen molar-refractivity contribution in [3.8, 4) is 0 Å². The first kappa shape index (κ1) is 9.24. The van der Waals surface area contributed by atoms with Crippen LogP contribution in [-0.4, -0.2) is 14.4 Å². The Morgan fingerprint density at radius 3 is 1.90 bits per heavy atom. The topological polar surface area (TPSA) is 26.0 Å². The van der Waals surface area contributed by atoms with Crippen molar-refractivity contribution in [2.75, 3.05) is 6.54 Å². The van der Waals surface area contributed by atoms with E-state index in [1.807, 2.05) is 37.3 Å². The molecular weight excluding hydrogens is 121 g/mol. The maximum Gasteiger partial charge on any atom is 0.113 e. The predicted molar refractivity (Wildman–Crippen MR) is 46.6 cm³/mol. The minimum Gasteiger partial charge on any atom is -0.331 e. The van der Waals surface area contributed by atoms with Crippen LogP contribution in [0.25, 0.3) is 0 Å². The molecule has 0 aliphatic carbocycles. The highest BCUT2D eigenvalue weighted by molar-refractivity contribution is 6.32. The van der Waals surface area contributed by atoms with E-state index in [1.54, 1.807) is 0 Å². The van der Waals surface area contributed by atoms with Gasteiger partial charge in [0, 0.05) is 0 Å². The summed E-state index contributed by atoms with van der Waals surface area (Å²) in [6, 6.07) is 9.49. The number of benzene rings is 1. The van der Waals surface area contributed by atoms with Crippen LogP contribution in [0.15, 0.2) is 30.3 Å². The second kappa shape index (κ2) is 6.37. The molecule has 0 atom stereocenters.